The number of carbonyl (C=O) groups is 1. The van der Waals surface area contributed by atoms with E-state index in [9.17, 15) is 18.0 Å². The number of hydrogen-bond acceptors (Lipinski definition) is 6. The number of benzene rings is 2. The Morgan fingerprint density at radius 3 is 2.91 bits per heavy atom. The predicted octanol–water partition coefficient (Wildman–Crippen LogP) is 3.94. The first-order chi connectivity index (χ1) is 15.4. The van der Waals surface area contributed by atoms with Crippen molar-refractivity contribution in [1.82, 2.24) is 24.9 Å². The lowest BCUT2D eigenvalue weighted by Crippen LogP contribution is -2.55. The highest BCUT2D eigenvalue weighted by Crippen LogP contribution is 2.35. The van der Waals surface area contributed by atoms with Gasteiger partial charge in [0.05, 0.1) is 34.8 Å². The lowest BCUT2D eigenvalue weighted by molar-refractivity contribution is -0.130. The van der Waals surface area contributed by atoms with E-state index in [0.29, 0.717) is 21.5 Å². The molecule has 0 N–H and O–H groups in total. The summed E-state index contributed by atoms with van der Waals surface area (Å²) in [5.41, 5.74) is 1.44. The van der Waals surface area contributed by atoms with Crippen LogP contribution in [0.25, 0.3) is 15.9 Å². The maximum Gasteiger partial charge on any atom is 0.287 e. The van der Waals surface area contributed by atoms with Crippen molar-refractivity contribution in [1.29, 1.82) is 0 Å². The van der Waals surface area contributed by atoms with Crippen LogP contribution in [0, 0.1) is 5.82 Å². The van der Waals surface area contributed by atoms with Crippen LogP contribution in [0.15, 0.2) is 54.9 Å². The van der Waals surface area contributed by atoms with Gasteiger partial charge in [-0.2, -0.15) is 0 Å². The first-order valence-corrected chi connectivity index (χ1v) is 10.6. The van der Waals surface area contributed by atoms with E-state index in [1.165, 1.54) is 34.0 Å². The number of alkyl halides is 2. The van der Waals surface area contributed by atoms with Crippen molar-refractivity contribution in [3.8, 4) is 10.9 Å². The highest BCUT2D eigenvalue weighted by Gasteiger charge is 2.47. The van der Waals surface area contributed by atoms with Crippen molar-refractivity contribution in [2.75, 3.05) is 13.1 Å². The molecule has 1 atom stereocenters. The molecule has 1 aliphatic rings. The Bertz CT molecular complexity index is 1280. The molecule has 7 nitrogen and oxygen atoms in total. The minimum atomic E-state index is -3.14. The fourth-order valence-corrected chi connectivity index (χ4v) is 4.42. The van der Waals surface area contributed by atoms with Crippen molar-refractivity contribution < 1.29 is 22.7 Å². The van der Waals surface area contributed by atoms with Crippen LogP contribution in [-0.4, -0.2) is 55.9 Å². The summed E-state index contributed by atoms with van der Waals surface area (Å²) in [5, 5.41) is 7.65. The van der Waals surface area contributed by atoms with Crippen molar-refractivity contribution in [2.45, 2.75) is 18.4 Å². The fraction of sp³-hybridized carbons (Fsp3) is 0.238. The molecule has 164 valence electrons. The van der Waals surface area contributed by atoms with Crippen molar-refractivity contribution >= 4 is 27.5 Å². The molecular formula is C21H16F3N5O2S. The molecule has 2 aromatic heterocycles. The molecule has 1 aliphatic heterocycles. The third kappa shape index (κ3) is 3.91. The number of nitrogens with zero attached hydrogens (tertiary/aromatic N) is 5. The molecule has 0 bridgehead atoms. The van der Waals surface area contributed by atoms with E-state index in [-0.39, 0.29) is 24.2 Å². The monoisotopic (exact) mass is 459 g/mol. The van der Waals surface area contributed by atoms with Crippen LogP contribution in [0.2, 0.25) is 0 Å². The highest BCUT2D eigenvalue weighted by molar-refractivity contribution is 7.20. The number of ether oxygens (including phenoxy) is 1. The van der Waals surface area contributed by atoms with Gasteiger partial charge in [0, 0.05) is 18.5 Å². The zero-order valence-corrected chi connectivity index (χ0v) is 17.3. The molecule has 1 amide bonds. The van der Waals surface area contributed by atoms with Crippen LogP contribution >= 0.6 is 11.3 Å². The second-order valence-electron chi connectivity index (χ2n) is 7.36. The van der Waals surface area contributed by atoms with Crippen molar-refractivity contribution in [3.05, 3.63) is 66.2 Å². The summed E-state index contributed by atoms with van der Waals surface area (Å²) in [6, 6.07) is 10.7. The molecule has 0 aliphatic carbocycles. The summed E-state index contributed by atoms with van der Waals surface area (Å²) >= 11 is 0.987. The molecule has 1 fully saturated rings. The molecule has 2 aromatic carbocycles. The quantitative estimate of drug-likeness (QED) is 0.462. The van der Waals surface area contributed by atoms with Gasteiger partial charge in [0.1, 0.15) is 5.82 Å². The van der Waals surface area contributed by atoms with E-state index in [0.717, 1.165) is 11.3 Å². The van der Waals surface area contributed by atoms with Gasteiger partial charge in [0.15, 0.2) is 6.10 Å². The van der Waals surface area contributed by atoms with Gasteiger partial charge in [-0.1, -0.05) is 22.6 Å². The van der Waals surface area contributed by atoms with Crippen LogP contribution in [-0.2, 0) is 0 Å². The number of halogens is 3. The molecular weight excluding hydrogens is 443 g/mol. The van der Waals surface area contributed by atoms with Gasteiger partial charge in [-0.3, -0.25) is 4.79 Å². The summed E-state index contributed by atoms with van der Waals surface area (Å²) in [4.78, 5) is 18.5. The maximum absolute atomic E-state index is 14.6. The molecule has 11 heteroatoms. The Morgan fingerprint density at radius 1 is 1.22 bits per heavy atom. The smallest absolute Gasteiger partial charge is 0.287 e. The average Bonchev–Trinajstić information content (AvgIpc) is 3.44. The number of amides is 1. The van der Waals surface area contributed by atoms with Gasteiger partial charge in [0.2, 0.25) is 0 Å². The number of aromatic nitrogens is 4. The summed E-state index contributed by atoms with van der Waals surface area (Å²) in [6.45, 7) is -0.409. The predicted molar refractivity (Wildman–Crippen MR) is 111 cm³/mol. The third-order valence-electron chi connectivity index (χ3n) is 5.21. The number of thiazole rings is 1. The van der Waals surface area contributed by atoms with Crippen LogP contribution in [0.3, 0.4) is 0 Å². The van der Waals surface area contributed by atoms with Gasteiger partial charge < -0.3 is 9.64 Å². The normalized spacial score (nSPS) is 18.1. The minimum Gasteiger partial charge on any atom is -0.458 e. The Labute approximate surface area is 184 Å². The van der Waals surface area contributed by atoms with Crippen LogP contribution in [0.5, 0.6) is 5.19 Å². The molecule has 0 saturated carbocycles. The number of fused-ring (bicyclic) bond motifs is 1. The Hall–Kier alpha value is -3.47. The number of carbonyl (C=O) groups excluding carboxylic acids is 1. The number of likely N-dealkylation sites (tertiary alicyclic amines) is 1. The molecule has 0 radical (unpaired) electrons. The second kappa shape index (κ2) is 7.90. The third-order valence-corrected chi connectivity index (χ3v) is 6.12. The van der Waals surface area contributed by atoms with E-state index in [4.69, 9.17) is 4.74 Å². The zero-order valence-electron chi connectivity index (χ0n) is 16.5. The standard InChI is InChI=1S/C21H16F3N5O2S/c22-14-4-5-16-17(11-14)32-20(26-16)31-18-12-28(8-6-21(18,23)24)19(30)13-2-1-3-15(10-13)29-9-7-25-27-29/h1-5,7,9-11,18H,6,8,12H2/t18-/m0/s1. The van der Waals surface area contributed by atoms with Crippen LogP contribution in [0.4, 0.5) is 13.2 Å². The lowest BCUT2D eigenvalue weighted by Gasteiger charge is -2.37. The maximum atomic E-state index is 14.6. The summed E-state index contributed by atoms with van der Waals surface area (Å²) in [6.07, 6.45) is 1.05. The van der Waals surface area contributed by atoms with Crippen LogP contribution in [0.1, 0.15) is 16.8 Å². The number of hydrogen-bond donors (Lipinski definition) is 0. The van der Waals surface area contributed by atoms with Gasteiger partial charge in [-0.05, 0) is 36.4 Å². The second-order valence-corrected chi connectivity index (χ2v) is 8.35. The first kappa shape index (κ1) is 20.4. The van der Waals surface area contributed by atoms with Gasteiger partial charge >= 0.3 is 0 Å². The van der Waals surface area contributed by atoms with E-state index < -0.39 is 24.3 Å². The Morgan fingerprint density at radius 2 is 2.09 bits per heavy atom. The Balaban J connectivity index is 1.36. The van der Waals surface area contributed by atoms with Gasteiger partial charge in [0.25, 0.3) is 17.0 Å². The molecule has 5 rings (SSSR count). The largest absolute Gasteiger partial charge is 0.458 e. The summed E-state index contributed by atoms with van der Waals surface area (Å²) in [5.74, 6) is -3.97. The summed E-state index contributed by atoms with van der Waals surface area (Å²) < 4.78 is 50.1. The van der Waals surface area contributed by atoms with E-state index in [2.05, 4.69) is 15.3 Å². The first-order valence-electron chi connectivity index (χ1n) is 9.76. The number of piperidine rings is 1. The van der Waals surface area contributed by atoms with Gasteiger partial charge in [-0.15, -0.1) is 5.10 Å². The Kier molecular flexibility index (Phi) is 5.04. The van der Waals surface area contributed by atoms with E-state index in [1.54, 1.807) is 30.5 Å². The molecule has 3 heterocycles. The SMILES string of the molecule is O=C(c1cccc(-n2ccnn2)c1)N1CCC(F)(F)[C@@H](Oc2nc3ccc(F)cc3s2)C1. The molecule has 32 heavy (non-hydrogen) atoms. The van der Waals surface area contributed by atoms with Crippen LogP contribution < -0.4 is 4.74 Å². The fourth-order valence-electron chi connectivity index (χ4n) is 3.54. The van der Waals surface area contributed by atoms with Crippen molar-refractivity contribution in [2.24, 2.45) is 0 Å². The zero-order chi connectivity index (χ0) is 22.3. The van der Waals surface area contributed by atoms with Gasteiger partial charge in [-0.25, -0.2) is 22.8 Å². The molecule has 1 saturated heterocycles. The lowest BCUT2D eigenvalue weighted by atomic mass is 10.0. The molecule has 0 unspecified atom stereocenters. The number of rotatable bonds is 4. The van der Waals surface area contributed by atoms with E-state index in [1.807, 2.05) is 0 Å². The topological polar surface area (TPSA) is 73.1 Å². The highest BCUT2D eigenvalue weighted by atomic mass is 32.1. The average molecular weight is 459 g/mol. The minimum absolute atomic E-state index is 0.0118. The van der Waals surface area contributed by atoms with Crippen molar-refractivity contribution in [3.63, 3.8) is 0 Å². The molecule has 0 spiro atoms. The van der Waals surface area contributed by atoms with E-state index >= 15 is 0 Å². The summed E-state index contributed by atoms with van der Waals surface area (Å²) in [7, 11) is 0. The molecule has 4 aromatic rings.